The minimum Gasteiger partial charge on any atom is -0.381 e. The lowest BCUT2D eigenvalue weighted by atomic mass is 9.96. The lowest BCUT2D eigenvalue weighted by Gasteiger charge is -2.47. The molecule has 1 aliphatic heterocycles. The molecule has 1 aliphatic rings. The van der Waals surface area contributed by atoms with Crippen LogP contribution in [0.2, 0.25) is 0 Å². The molecule has 0 radical (unpaired) electrons. The summed E-state index contributed by atoms with van der Waals surface area (Å²) in [5.41, 5.74) is 1.94. The first-order valence-electron chi connectivity index (χ1n) is 12.1. The van der Waals surface area contributed by atoms with Crippen molar-refractivity contribution >= 4 is 17.5 Å². The topological polar surface area (TPSA) is 115 Å². The molecule has 4 rings (SSSR count). The van der Waals surface area contributed by atoms with Gasteiger partial charge in [-0.1, -0.05) is 26.0 Å². The second-order valence-corrected chi connectivity index (χ2v) is 10.8. The Hall–Kier alpha value is -3.77. The normalized spacial score (nSPS) is 15.9. The minimum atomic E-state index is -1.46. The molecule has 1 fully saturated rings. The molecule has 9 nitrogen and oxygen atoms in total. The molecule has 0 bridgehead atoms. The Morgan fingerprint density at radius 1 is 1.17 bits per heavy atom. The van der Waals surface area contributed by atoms with Crippen LogP contribution in [-0.4, -0.2) is 72.1 Å². The molecule has 0 unspecified atom stereocenters. The summed E-state index contributed by atoms with van der Waals surface area (Å²) < 4.78 is 1.65. The first-order valence-corrected chi connectivity index (χ1v) is 12.1. The Kier molecular flexibility index (Phi) is 6.35. The number of hydrogen-bond donors (Lipinski definition) is 1. The van der Waals surface area contributed by atoms with Gasteiger partial charge in [-0.15, -0.1) is 0 Å². The number of carbonyl (C=O) groups is 2. The average Bonchev–Trinajstić information content (AvgIpc) is 3.25. The van der Waals surface area contributed by atoms with Crippen molar-refractivity contribution in [1.82, 2.24) is 24.4 Å². The van der Waals surface area contributed by atoms with Crippen LogP contribution < -0.4 is 0 Å². The highest BCUT2D eigenvalue weighted by atomic mass is 16.3. The van der Waals surface area contributed by atoms with Crippen LogP contribution in [0.4, 0.5) is 0 Å². The van der Waals surface area contributed by atoms with Crippen LogP contribution in [0, 0.1) is 11.3 Å². The van der Waals surface area contributed by atoms with Gasteiger partial charge >= 0.3 is 0 Å². The third kappa shape index (κ3) is 4.69. The van der Waals surface area contributed by atoms with Gasteiger partial charge in [-0.25, -0.2) is 9.50 Å². The Bertz CT molecular complexity index is 1360. The van der Waals surface area contributed by atoms with Gasteiger partial charge in [0.25, 0.3) is 11.8 Å². The Balaban J connectivity index is 1.67. The SMILES string of the molecule is CC(C)c1cc(-c2ccc(C#N)cc2)nn2cc(C(=O)N3CCN(C(=O)C(C)(C)O)CC3(C)C)nc12. The average molecular weight is 489 g/mol. The summed E-state index contributed by atoms with van der Waals surface area (Å²) in [6.07, 6.45) is 1.65. The summed E-state index contributed by atoms with van der Waals surface area (Å²) in [5, 5.41) is 23.9. The zero-order valence-electron chi connectivity index (χ0n) is 21.6. The summed E-state index contributed by atoms with van der Waals surface area (Å²) in [6.45, 7) is 11.9. The minimum absolute atomic E-state index is 0.144. The molecule has 1 aromatic carbocycles. The molecule has 0 atom stereocenters. The van der Waals surface area contributed by atoms with Crippen molar-refractivity contribution < 1.29 is 14.7 Å². The maximum absolute atomic E-state index is 13.6. The van der Waals surface area contributed by atoms with E-state index in [1.54, 1.807) is 32.6 Å². The summed E-state index contributed by atoms with van der Waals surface area (Å²) in [5.74, 6) is -0.433. The highest BCUT2D eigenvalue weighted by Gasteiger charge is 2.42. The van der Waals surface area contributed by atoms with E-state index in [4.69, 9.17) is 10.4 Å². The van der Waals surface area contributed by atoms with E-state index in [1.807, 2.05) is 32.0 Å². The monoisotopic (exact) mass is 488 g/mol. The molecule has 0 saturated carbocycles. The molecule has 2 amide bonds. The van der Waals surface area contributed by atoms with Crippen molar-refractivity contribution in [2.24, 2.45) is 0 Å². The van der Waals surface area contributed by atoms with Gasteiger partial charge in [0, 0.05) is 30.8 Å². The lowest BCUT2D eigenvalue weighted by molar-refractivity contribution is -0.152. The summed E-state index contributed by atoms with van der Waals surface area (Å²) >= 11 is 0. The van der Waals surface area contributed by atoms with E-state index in [0.29, 0.717) is 30.8 Å². The Morgan fingerprint density at radius 2 is 1.83 bits per heavy atom. The van der Waals surface area contributed by atoms with E-state index < -0.39 is 11.1 Å². The van der Waals surface area contributed by atoms with Gasteiger partial charge in [-0.05, 0) is 51.8 Å². The number of fused-ring (bicyclic) bond motifs is 1. The number of aliphatic hydroxyl groups is 1. The van der Waals surface area contributed by atoms with Crippen molar-refractivity contribution in [3.05, 3.63) is 53.3 Å². The molecule has 3 aromatic rings. The quantitative estimate of drug-likeness (QED) is 0.603. The molecule has 0 aliphatic carbocycles. The first-order chi connectivity index (χ1) is 16.8. The number of nitriles is 1. The predicted molar refractivity (Wildman–Crippen MR) is 135 cm³/mol. The number of carbonyl (C=O) groups excluding carboxylic acids is 2. The first kappa shape index (κ1) is 25.3. The molecule has 3 heterocycles. The van der Waals surface area contributed by atoms with Crippen molar-refractivity contribution in [2.45, 2.75) is 58.6 Å². The molecule has 9 heteroatoms. The van der Waals surface area contributed by atoms with Crippen molar-refractivity contribution in [3.8, 4) is 17.3 Å². The van der Waals surface area contributed by atoms with E-state index in [1.165, 1.54) is 13.8 Å². The smallest absolute Gasteiger partial charge is 0.274 e. The molecule has 188 valence electrons. The number of imidazole rings is 1. The van der Waals surface area contributed by atoms with Crippen molar-refractivity contribution in [3.63, 3.8) is 0 Å². The molecular weight excluding hydrogens is 456 g/mol. The Labute approximate surface area is 211 Å². The van der Waals surface area contributed by atoms with E-state index >= 15 is 0 Å². The largest absolute Gasteiger partial charge is 0.381 e. The zero-order valence-corrected chi connectivity index (χ0v) is 21.6. The van der Waals surface area contributed by atoms with Gasteiger partial charge in [0.05, 0.1) is 29.1 Å². The van der Waals surface area contributed by atoms with Crippen LogP contribution in [0.15, 0.2) is 36.5 Å². The van der Waals surface area contributed by atoms with E-state index in [-0.39, 0.29) is 23.4 Å². The van der Waals surface area contributed by atoms with Crippen LogP contribution >= 0.6 is 0 Å². The van der Waals surface area contributed by atoms with Crippen LogP contribution in [-0.2, 0) is 4.79 Å². The second kappa shape index (κ2) is 9.03. The number of amides is 2. The van der Waals surface area contributed by atoms with Gasteiger partial charge < -0.3 is 14.9 Å². The number of piperazine rings is 1. The predicted octanol–water partition coefficient (Wildman–Crippen LogP) is 3.23. The molecule has 36 heavy (non-hydrogen) atoms. The van der Waals surface area contributed by atoms with Crippen LogP contribution in [0.5, 0.6) is 0 Å². The summed E-state index contributed by atoms with van der Waals surface area (Å²) in [4.78, 5) is 34.2. The number of nitrogens with zero attached hydrogens (tertiary/aromatic N) is 6. The fourth-order valence-electron chi connectivity index (χ4n) is 4.62. The van der Waals surface area contributed by atoms with Crippen molar-refractivity contribution in [1.29, 1.82) is 5.26 Å². The second-order valence-electron chi connectivity index (χ2n) is 10.8. The maximum Gasteiger partial charge on any atom is 0.274 e. The number of benzene rings is 1. The molecular formula is C27H32N6O3. The van der Waals surface area contributed by atoms with Gasteiger partial charge in [0.1, 0.15) is 11.3 Å². The van der Waals surface area contributed by atoms with Crippen molar-refractivity contribution in [2.75, 3.05) is 19.6 Å². The fraction of sp³-hybridized carbons (Fsp3) is 0.444. The van der Waals surface area contributed by atoms with Crippen LogP contribution in [0.1, 0.15) is 69.1 Å². The number of rotatable bonds is 4. The Morgan fingerprint density at radius 3 is 2.39 bits per heavy atom. The highest BCUT2D eigenvalue weighted by molar-refractivity contribution is 5.94. The third-order valence-electron chi connectivity index (χ3n) is 6.56. The lowest BCUT2D eigenvalue weighted by Crippen LogP contribution is -2.64. The van der Waals surface area contributed by atoms with Crippen LogP contribution in [0.25, 0.3) is 16.9 Å². The fourth-order valence-corrected chi connectivity index (χ4v) is 4.62. The molecule has 1 saturated heterocycles. The third-order valence-corrected chi connectivity index (χ3v) is 6.56. The zero-order chi connectivity index (χ0) is 26.4. The molecule has 2 aromatic heterocycles. The van der Waals surface area contributed by atoms with Gasteiger partial charge in [-0.3, -0.25) is 9.59 Å². The van der Waals surface area contributed by atoms with Gasteiger partial charge in [-0.2, -0.15) is 10.4 Å². The number of hydrogen-bond acceptors (Lipinski definition) is 6. The highest BCUT2D eigenvalue weighted by Crippen LogP contribution is 2.28. The van der Waals surface area contributed by atoms with Gasteiger partial charge in [0.2, 0.25) is 0 Å². The van der Waals surface area contributed by atoms with Crippen LogP contribution in [0.3, 0.4) is 0 Å². The summed E-state index contributed by atoms with van der Waals surface area (Å²) in [7, 11) is 0. The van der Waals surface area contributed by atoms with E-state index in [9.17, 15) is 14.7 Å². The standard InChI is InChI=1S/C27H32N6O3/c1-17(2)20-13-21(19-9-7-18(14-28)8-10-19)30-33-15-22(29-23(20)33)24(34)32-12-11-31(16-26(32,3)4)25(35)27(5,6)36/h7-10,13,15,17,36H,11-12,16H2,1-6H3. The molecule has 0 spiro atoms. The van der Waals surface area contributed by atoms with Gasteiger partial charge in [0.15, 0.2) is 5.65 Å². The maximum atomic E-state index is 13.6. The van der Waals surface area contributed by atoms with E-state index in [2.05, 4.69) is 24.9 Å². The number of aromatic nitrogens is 3. The molecule has 1 N–H and O–H groups in total. The van der Waals surface area contributed by atoms with E-state index in [0.717, 1.165) is 16.8 Å². The summed E-state index contributed by atoms with van der Waals surface area (Å²) in [6, 6.07) is 11.3.